The number of thiophene rings is 6. The second kappa shape index (κ2) is 22.1. The van der Waals surface area contributed by atoms with Crippen LogP contribution in [0.15, 0.2) is 36.4 Å². The van der Waals surface area contributed by atoms with Crippen LogP contribution in [0.25, 0.3) is 50.2 Å². The molecule has 0 atom stereocenters. The summed E-state index contributed by atoms with van der Waals surface area (Å²) in [5.41, 5.74) is 0.308. The summed E-state index contributed by atoms with van der Waals surface area (Å²) in [4.78, 5) is 7.81. The molecule has 1 aliphatic carbocycles. The summed E-state index contributed by atoms with van der Waals surface area (Å²) < 4.78 is 133. The fourth-order valence-electron chi connectivity index (χ4n) is 7.60. The first-order chi connectivity index (χ1) is 31.9. The maximum Gasteiger partial charge on any atom is 0.380 e. The predicted molar refractivity (Wildman–Crippen MR) is 266 cm³/mol. The Bertz CT molecular complexity index is 2450. The van der Waals surface area contributed by atoms with Crippen LogP contribution in [0.2, 0.25) is 0 Å². The van der Waals surface area contributed by atoms with Gasteiger partial charge in [-0.1, -0.05) is 0 Å². The number of halogens is 6. The third-order valence-electron chi connectivity index (χ3n) is 11.5. The van der Waals surface area contributed by atoms with Crippen LogP contribution in [0.1, 0.15) is 52.9 Å². The van der Waals surface area contributed by atoms with Crippen molar-refractivity contribution >= 4 is 79.2 Å². The van der Waals surface area contributed by atoms with Crippen LogP contribution in [0, 0.1) is 41.5 Å². The highest BCUT2D eigenvalue weighted by atomic mass is 32.1. The van der Waals surface area contributed by atoms with Crippen molar-refractivity contribution in [2.45, 2.75) is 72.2 Å². The highest BCUT2D eigenvalue weighted by Gasteiger charge is 2.80. The van der Waals surface area contributed by atoms with Crippen LogP contribution in [0.4, 0.5) is 26.3 Å². The lowest BCUT2D eigenvalue weighted by Crippen LogP contribution is -2.48. The first-order valence-electron chi connectivity index (χ1n) is 21.7. The molecular weight excluding hydrogens is 991 g/mol. The van der Waals surface area contributed by atoms with Gasteiger partial charge in [-0.05, 0) is 100 Å². The minimum absolute atomic E-state index is 0.239. The largest absolute Gasteiger partial charge is 0.382 e. The molecule has 18 heteroatoms. The molecule has 0 saturated heterocycles. The molecule has 0 amide bonds. The van der Waals surface area contributed by atoms with Crippen LogP contribution in [0.3, 0.4) is 0 Å². The Morgan fingerprint density at radius 2 is 0.716 bits per heavy atom. The van der Waals surface area contributed by atoms with Crippen molar-refractivity contribution in [2.24, 2.45) is 0 Å². The van der Waals surface area contributed by atoms with Gasteiger partial charge in [-0.25, -0.2) is 0 Å². The van der Waals surface area contributed by atoms with Crippen molar-refractivity contribution in [1.29, 1.82) is 0 Å². The molecule has 67 heavy (non-hydrogen) atoms. The fraction of sp³-hybridized carbons (Fsp3) is 0.469. The van der Waals surface area contributed by atoms with Crippen molar-refractivity contribution < 1.29 is 54.8 Å². The molecule has 0 aromatic carbocycles. The molecule has 6 aromatic rings. The van der Waals surface area contributed by atoms with Crippen molar-refractivity contribution in [3.8, 4) is 39.0 Å². The predicted octanol–water partition coefficient (Wildman–Crippen LogP) is 14.8. The molecule has 6 nitrogen and oxygen atoms in total. The Morgan fingerprint density at radius 3 is 1.06 bits per heavy atom. The van der Waals surface area contributed by atoms with E-state index >= 15 is 26.3 Å². The van der Waals surface area contributed by atoms with Gasteiger partial charge in [0, 0.05) is 98.1 Å². The highest BCUT2D eigenvalue weighted by molar-refractivity contribution is 7.27. The van der Waals surface area contributed by atoms with E-state index in [9.17, 15) is 0 Å². The van der Waals surface area contributed by atoms with E-state index in [-0.39, 0.29) is 20.9 Å². The molecule has 0 saturated carbocycles. The van der Waals surface area contributed by atoms with Crippen molar-refractivity contribution in [2.75, 3.05) is 80.3 Å². The molecule has 6 aromatic heterocycles. The number of alkyl halides is 6. The van der Waals surface area contributed by atoms with Gasteiger partial charge in [-0.3, -0.25) is 0 Å². The third-order valence-corrected chi connectivity index (χ3v) is 19.5. The monoisotopic (exact) mass is 1040 g/mol. The SMILES string of the molecule is COCCOCCOCCc1sc(-c2cc(C3=C(c4cc(-c5cc(C)c(CCOCCOCCOC)s5)sc4-c4cc(C)c(C)s4)C(F)(F)C(F)(F)C3(F)F)c(-c3cc(C)c(C)s3)s2)cc1C. The molecule has 0 fully saturated rings. The summed E-state index contributed by atoms with van der Waals surface area (Å²) in [5.74, 6) is -16.2. The maximum atomic E-state index is 17.0. The molecule has 0 N–H and O–H groups in total. The quantitative estimate of drug-likeness (QED) is 0.0445. The molecule has 1 aliphatic rings. The van der Waals surface area contributed by atoms with Crippen molar-refractivity contribution in [3.63, 3.8) is 0 Å². The zero-order valence-corrected chi connectivity index (χ0v) is 43.5. The Labute approximate surface area is 412 Å². The van der Waals surface area contributed by atoms with Crippen LogP contribution < -0.4 is 0 Å². The van der Waals surface area contributed by atoms with Crippen molar-refractivity contribution in [1.82, 2.24) is 0 Å². The summed E-state index contributed by atoms with van der Waals surface area (Å²) in [6.45, 7) is 15.8. The number of allylic oxidation sites excluding steroid dienone is 2. The molecular formula is C49H54F6O6S6. The van der Waals surface area contributed by atoms with Crippen molar-refractivity contribution in [3.05, 3.63) is 89.3 Å². The van der Waals surface area contributed by atoms with E-state index in [1.54, 1.807) is 14.2 Å². The van der Waals surface area contributed by atoms with Crippen LogP contribution in [-0.4, -0.2) is 98.1 Å². The minimum Gasteiger partial charge on any atom is -0.382 e. The zero-order valence-electron chi connectivity index (χ0n) is 38.6. The lowest BCUT2D eigenvalue weighted by molar-refractivity contribution is -0.254. The summed E-state index contributed by atoms with van der Waals surface area (Å²) in [7, 11) is 3.20. The first kappa shape index (κ1) is 52.1. The summed E-state index contributed by atoms with van der Waals surface area (Å²) in [5, 5.41) is 0. The standard InChI is InChI=1S/C49H54F6O6S6/c1-27-21-41(62-31(27)5)45-33(25-39(66-45)37-23-29(3)35(64-37)9-11-58-17-19-60-15-13-56-7)43-44(48(52,53)49(54,55)47(43,50)51)34-26-40(67-46(34)42-22-28(2)32(6)63-42)38-24-30(4)36(65-38)10-12-59-18-20-61-16-14-57-8/h21-26H,9-20H2,1-8H3. The van der Waals surface area contributed by atoms with Gasteiger partial charge >= 0.3 is 17.8 Å². The fourth-order valence-corrected chi connectivity index (χ4v) is 14.7. The second-order valence-corrected chi connectivity index (χ2v) is 23.1. The molecule has 7 rings (SSSR count). The molecule has 364 valence electrons. The topological polar surface area (TPSA) is 55.4 Å². The lowest BCUT2D eigenvalue weighted by Gasteiger charge is -2.25. The summed E-state index contributed by atoms with van der Waals surface area (Å²) in [6, 6.07) is 10.3. The van der Waals surface area contributed by atoms with E-state index < -0.39 is 28.9 Å². The first-order valence-corrected chi connectivity index (χ1v) is 26.6. The average molecular weight is 1050 g/mol. The van der Waals surface area contributed by atoms with E-state index in [1.165, 1.54) is 57.5 Å². The number of ether oxygens (including phenoxy) is 6. The van der Waals surface area contributed by atoms with Gasteiger partial charge in [-0.2, -0.15) is 26.3 Å². The van der Waals surface area contributed by atoms with E-state index in [0.717, 1.165) is 64.4 Å². The van der Waals surface area contributed by atoms with E-state index in [0.29, 0.717) is 108 Å². The molecule has 0 bridgehead atoms. The molecule has 0 spiro atoms. The Kier molecular flexibility index (Phi) is 17.2. The second-order valence-electron chi connectivity index (χ2n) is 16.2. The number of hydrogen-bond acceptors (Lipinski definition) is 12. The van der Waals surface area contributed by atoms with Crippen LogP contribution >= 0.6 is 68.0 Å². The number of hydrogen-bond donors (Lipinski definition) is 0. The number of rotatable bonds is 24. The van der Waals surface area contributed by atoms with E-state index in [2.05, 4.69) is 0 Å². The highest BCUT2D eigenvalue weighted by Crippen LogP contribution is 2.68. The average Bonchev–Trinajstić information content (AvgIpc) is 4.15. The van der Waals surface area contributed by atoms with Gasteiger partial charge in [0.1, 0.15) is 0 Å². The normalized spacial score (nSPS) is 15.5. The minimum atomic E-state index is -5.74. The lowest BCUT2D eigenvalue weighted by atomic mass is 9.94. The molecule has 6 heterocycles. The summed E-state index contributed by atoms with van der Waals surface area (Å²) >= 11 is 7.83. The number of aryl methyl sites for hydroxylation is 6. The third kappa shape index (κ3) is 11.0. The smallest absolute Gasteiger partial charge is 0.380 e. The van der Waals surface area contributed by atoms with Gasteiger partial charge in [0.05, 0.1) is 75.8 Å². The number of methoxy groups -OCH3 is 2. The van der Waals surface area contributed by atoms with E-state index in [4.69, 9.17) is 28.4 Å². The van der Waals surface area contributed by atoms with Gasteiger partial charge in [0.15, 0.2) is 0 Å². The summed E-state index contributed by atoms with van der Waals surface area (Å²) in [6.07, 6.45) is 1.15. The molecule has 0 aliphatic heterocycles. The Hall–Kier alpha value is -2.72. The Balaban J connectivity index is 1.33. The van der Waals surface area contributed by atoms with Gasteiger partial charge in [-0.15, -0.1) is 68.0 Å². The van der Waals surface area contributed by atoms with Gasteiger partial charge in [0.25, 0.3) is 0 Å². The van der Waals surface area contributed by atoms with Crippen LogP contribution in [0.5, 0.6) is 0 Å². The van der Waals surface area contributed by atoms with Gasteiger partial charge in [0.2, 0.25) is 0 Å². The van der Waals surface area contributed by atoms with Crippen LogP contribution in [-0.2, 0) is 41.3 Å². The molecule has 0 radical (unpaired) electrons. The maximum absolute atomic E-state index is 17.0. The Morgan fingerprint density at radius 1 is 0.388 bits per heavy atom. The zero-order chi connectivity index (χ0) is 48.3. The van der Waals surface area contributed by atoms with E-state index in [1.807, 2.05) is 65.8 Å². The molecule has 0 unspecified atom stereocenters. The van der Waals surface area contributed by atoms with Gasteiger partial charge < -0.3 is 28.4 Å².